The number of ether oxygens (including phenoxy) is 2. The van der Waals surface area contributed by atoms with Crippen molar-refractivity contribution in [2.75, 3.05) is 0 Å². The molecule has 0 radical (unpaired) electrons. The number of allylic oxidation sites excluding steroid dienone is 1. The maximum Gasteiger partial charge on any atom is 0.307 e. The molecule has 0 aromatic heterocycles. The first-order chi connectivity index (χ1) is 5.92. The van der Waals surface area contributed by atoms with E-state index in [2.05, 4.69) is 0 Å². The van der Waals surface area contributed by atoms with Crippen molar-refractivity contribution in [1.29, 1.82) is 0 Å². The van der Waals surface area contributed by atoms with Gasteiger partial charge in [-0.3, -0.25) is 4.79 Å². The Kier molecular flexibility index (Phi) is 2.76. The number of hydrogen-bond donors (Lipinski definition) is 0. The molecule has 1 fully saturated rings. The summed E-state index contributed by atoms with van der Waals surface area (Å²) in [5.41, 5.74) is 0.00695. The first kappa shape index (κ1) is 10.3. The number of carbonyl (C=O) groups excluding carboxylic acids is 1. The minimum Gasteiger partial charge on any atom is -0.432 e. The van der Waals surface area contributed by atoms with Gasteiger partial charge in [0, 0.05) is 6.92 Å². The number of esters is 1. The number of epoxide rings is 1. The van der Waals surface area contributed by atoms with E-state index in [1.807, 2.05) is 19.9 Å². The molecule has 1 aliphatic rings. The molecule has 1 aliphatic heterocycles. The molecule has 0 amide bonds. The monoisotopic (exact) mass is 184 g/mol. The van der Waals surface area contributed by atoms with E-state index < -0.39 is 0 Å². The Hall–Kier alpha value is -0.830. The summed E-state index contributed by atoms with van der Waals surface area (Å²) in [5, 5.41) is 0. The van der Waals surface area contributed by atoms with E-state index in [9.17, 15) is 4.79 Å². The summed E-state index contributed by atoms with van der Waals surface area (Å²) in [4.78, 5) is 10.5. The summed E-state index contributed by atoms with van der Waals surface area (Å²) in [6.45, 7) is 7.27. The number of carbonyl (C=O) groups is 1. The Bertz CT molecular complexity index is 241. The van der Waals surface area contributed by atoms with Gasteiger partial charge in [-0.15, -0.1) is 0 Å². The van der Waals surface area contributed by atoms with Crippen LogP contribution in [0.25, 0.3) is 0 Å². The average Bonchev–Trinajstić information content (AvgIpc) is 2.53. The van der Waals surface area contributed by atoms with Gasteiger partial charge in [0.05, 0.1) is 11.7 Å². The topological polar surface area (TPSA) is 38.8 Å². The lowest BCUT2D eigenvalue weighted by Gasteiger charge is -1.99. The fraction of sp³-hybridized carbons (Fsp3) is 0.700. The zero-order chi connectivity index (χ0) is 10.1. The second-order valence-electron chi connectivity index (χ2n) is 3.85. The van der Waals surface area contributed by atoms with E-state index in [0.29, 0.717) is 5.76 Å². The van der Waals surface area contributed by atoms with Gasteiger partial charge in [0.25, 0.3) is 0 Å². The first-order valence-corrected chi connectivity index (χ1v) is 4.45. The molecule has 1 unspecified atom stereocenters. The zero-order valence-corrected chi connectivity index (χ0v) is 8.59. The molecule has 0 aliphatic carbocycles. The average molecular weight is 184 g/mol. The SMILES string of the molecule is CC(=O)O/C(C)=C/CC1OC1(C)C. The van der Waals surface area contributed by atoms with Crippen LogP contribution in [0, 0.1) is 0 Å². The van der Waals surface area contributed by atoms with Crippen LogP contribution < -0.4 is 0 Å². The highest BCUT2D eigenvalue weighted by molar-refractivity contribution is 5.67. The summed E-state index contributed by atoms with van der Waals surface area (Å²) in [7, 11) is 0. The van der Waals surface area contributed by atoms with Crippen molar-refractivity contribution in [3.63, 3.8) is 0 Å². The van der Waals surface area contributed by atoms with E-state index >= 15 is 0 Å². The predicted molar refractivity (Wildman–Crippen MR) is 49.1 cm³/mol. The van der Waals surface area contributed by atoms with Crippen LogP contribution in [0.2, 0.25) is 0 Å². The van der Waals surface area contributed by atoms with Crippen molar-refractivity contribution in [3.8, 4) is 0 Å². The molecule has 3 heteroatoms. The lowest BCUT2D eigenvalue weighted by atomic mass is 10.1. The van der Waals surface area contributed by atoms with Crippen molar-refractivity contribution in [3.05, 3.63) is 11.8 Å². The molecule has 3 nitrogen and oxygen atoms in total. The van der Waals surface area contributed by atoms with Crippen molar-refractivity contribution < 1.29 is 14.3 Å². The van der Waals surface area contributed by atoms with Gasteiger partial charge in [-0.25, -0.2) is 0 Å². The fourth-order valence-electron chi connectivity index (χ4n) is 1.21. The number of rotatable bonds is 3. The highest BCUT2D eigenvalue weighted by Crippen LogP contribution is 2.37. The standard InChI is InChI=1S/C10H16O3/c1-7(12-8(2)11)5-6-9-10(3,4)13-9/h5,9H,6H2,1-4H3/b7-5+. The van der Waals surface area contributed by atoms with Crippen LogP contribution in [-0.4, -0.2) is 17.7 Å². The van der Waals surface area contributed by atoms with Crippen LogP contribution in [0.15, 0.2) is 11.8 Å². The van der Waals surface area contributed by atoms with Crippen molar-refractivity contribution >= 4 is 5.97 Å². The third-order valence-corrected chi connectivity index (χ3v) is 2.09. The van der Waals surface area contributed by atoms with Crippen LogP contribution in [0.4, 0.5) is 0 Å². The van der Waals surface area contributed by atoms with Crippen molar-refractivity contribution in [1.82, 2.24) is 0 Å². The lowest BCUT2D eigenvalue weighted by molar-refractivity contribution is -0.136. The molecule has 13 heavy (non-hydrogen) atoms. The Morgan fingerprint density at radius 1 is 1.54 bits per heavy atom. The van der Waals surface area contributed by atoms with E-state index in [1.54, 1.807) is 6.92 Å². The quantitative estimate of drug-likeness (QED) is 0.382. The van der Waals surface area contributed by atoms with Gasteiger partial charge in [0.1, 0.15) is 5.76 Å². The molecule has 0 bridgehead atoms. The first-order valence-electron chi connectivity index (χ1n) is 4.45. The predicted octanol–water partition coefficient (Wildman–Crippen LogP) is 2.02. The molecule has 1 rings (SSSR count). The molecule has 0 N–H and O–H groups in total. The van der Waals surface area contributed by atoms with Gasteiger partial charge >= 0.3 is 5.97 Å². The largest absolute Gasteiger partial charge is 0.432 e. The third kappa shape index (κ3) is 3.19. The van der Waals surface area contributed by atoms with Gasteiger partial charge in [-0.1, -0.05) is 0 Å². The van der Waals surface area contributed by atoms with E-state index in [0.717, 1.165) is 6.42 Å². The molecule has 0 aromatic rings. The molecule has 0 saturated carbocycles. The van der Waals surface area contributed by atoms with Gasteiger partial charge in [0.2, 0.25) is 0 Å². The molecule has 74 valence electrons. The Labute approximate surface area is 78.7 Å². The molecular weight excluding hydrogens is 168 g/mol. The second-order valence-corrected chi connectivity index (χ2v) is 3.85. The maximum absolute atomic E-state index is 10.5. The summed E-state index contributed by atoms with van der Waals surface area (Å²) >= 11 is 0. The molecule has 1 heterocycles. The molecule has 0 spiro atoms. The van der Waals surface area contributed by atoms with Crippen LogP contribution in [-0.2, 0) is 14.3 Å². The molecule has 1 atom stereocenters. The smallest absolute Gasteiger partial charge is 0.307 e. The Morgan fingerprint density at radius 3 is 2.46 bits per heavy atom. The summed E-state index contributed by atoms with van der Waals surface area (Å²) in [5.74, 6) is 0.378. The fourth-order valence-corrected chi connectivity index (χ4v) is 1.21. The van der Waals surface area contributed by atoms with Crippen LogP contribution in [0.5, 0.6) is 0 Å². The van der Waals surface area contributed by atoms with Gasteiger partial charge in [0.15, 0.2) is 0 Å². The summed E-state index contributed by atoms with van der Waals surface area (Å²) in [6, 6.07) is 0. The summed E-state index contributed by atoms with van der Waals surface area (Å²) < 4.78 is 10.2. The van der Waals surface area contributed by atoms with Crippen LogP contribution in [0.1, 0.15) is 34.1 Å². The van der Waals surface area contributed by atoms with E-state index in [4.69, 9.17) is 9.47 Å². The van der Waals surface area contributed by atoms with E-state index in [-0.39, 0.29) is 17.7 Å². The maximum atomic E-state index is 10.5. The van der Waals surface area contributed by atoms with Crippen LogP contribution in [0.3, 0.4) is 0 Å². The van der Waals surface area contributed by atoms with Gasteiger partial charge < -0.3 is 9.47 Å². The minimum atomic E-state index is -0.273. The Morgan fingerprint density at radius 2 is 2.08 bits per heavy atom. The molecular formula is C10H16O3. The van der Waals surface area contributed by atoms with Gasteiger partial charge in [-0.05, 0) is 33.3 Å². The highest BCUT2D eigenvalue weighted by Gasteiger charge is 2.46. The van der Waals surface area contributed by atoms with Crippen LogP contribution >= 0.6 is 0 Å². The molecule has 0 aromatic carbocycles. The van der Waals surface area contributed by atoms with Gasteiger partial charge in [-0.2, -0.15) is 0 Å². The highest BCUT2D eigenvalue weighted by atomic mass is 16.6. The van der Waals surface area contributed by atoms with E-state index in [1.165, 1.54) is 6.92 Å². The lowest BCUT2D eigenvalue weighted by Crippen LogP contribution is -2.02. The summed E-state index contributed by atoms with van der Waals surface area (Å²) in [6.07, 6.45) is 2.98. The number of hydrogen-bond acceptors (Lipinski definition) is 3. The molecule has 1 saturated heterocycles. The second kappa shape index (κ2) is 3.50. The van der Waals surface area contributed by atoms with Crippen molar-refractivity contribution in [2.24, 2.45) is 0 Å². The normalized spacial score (nSPS) is 25.5. The minimum absolute atomic E-state index is 0.00695. The zero-order valence-electron chi connectivity index (χ0n) is 8.59. The van der Waals surface area contributed by atoms with Crippen molar-refractivity contribution in [2.45, 2.75) is 45.8 Å². The third-order valence-electron chi connectivity index (χ3n) is 2.09. The Balaban J connectivity index is 2.28.